The number of hydrogen-bond donors (Lipinski definition) is 6. The van der Waals surface area contributed by atoms with Crippen LogP contribution in [0.15, 0.2) is 65.8 Å². The maximum atomic E-state index is 13.4. The molecule has 2 aliphatic rings. The fourth-order valence-electron chi connectivity index (χ4n) is 6.96. The van der Waals surface area contributed by atoms with Crippen molar-refractivity contribution in [3.63, 3.8) is 0 Å². The number of aliphatic hydroxyl groups is 2. The lowest BCUT2D eigenvalue weighted by Gasteiger charge is -2.27. The van der Waals surface area contributed by atoms with E-state index in [0.717, 1.165) is 32.3 Å². The van der Waals surface area contributed by atoms with E-state index in [4.69, 9.17) is 5.73 Å². The second-order valence-corrected chi connectivity index (χ2v) is 18.8. The number of rotatable bonds is 11. The number of anilines is 2. The van der Waals surface area contributed by atoms with Gasteiger partial charge in [-0.25, -0.2) is 14.8 Å². The van der Waals surface area contributed by atoms with Gasteiger partial charge in [-0.15, -0.1) is 0 Å². The summed E-state index contributed by atoms with van der Waals surface area (Å²) in [6, 6.07) is 9.12. The molecule has 1 saturated heterocycles. The number of halogens is 6. The number of benzene rings is 1. The Morgan fingerprint density at radius 2 is 1.69 bits per heavy atom. The summed E-state index contributed by atoms with van der Waals surface area (Å²) in [5.41, 5.74) is 1.02. The summed E-state index contributed by atoms with van der Waals surface area (Å²) in [5, 5.41) is 31.1. The van der Waals surface area contributed by atoms with Gasteiger partial charge in [-0.1, -0.05) is 23.5 Å². The molecule has 26 heteroatoms. The molecule has 64 heavy (non-hydrogen) atoms. The number of nitrogens with two attached hydrogens (primary N) is 1. The molecule has 5 heterocycles. The highest BCUT2D eigenvalue weighted by Gasteiger charge is 2.50. The molecule has 4 aromatic heterocycles. The van der Waals surface area contributed by atoms with Gasteiger partial charge in [0.15, 0.2) is 10.8 Å². The van der Waals surface area contributed by atoms with Crippen molar-refractivity contribution in [3.8, 4) is 21.7 Å². The van der Waals surface area contributed by atoms with Crippen LogP contribution in [-0.4, -0.2) is 116 Å². The molecular weight excluding hydrogens is 919 g/mol. The molecule has 5 atom stereocenters. The Kier molecular flexibility index (Phi) is 14.2. The zero-order valence-electron chi connectivity index (χ0n) is 34.2. The average molecular weight is 961 g/mol. The Bertz CT molecular complexity index is 2610. The maximum absolute atomic E-state index is 13.4. The molecule has 5 unspecified atom stereocenters. The molecule has 2 fully saturated rings. The number of nitrogens with one attached hydrogen (secondary N) is 3. The van der Waals surface area contributed by atoms with Crippen molar-refractivity contribution < 1.29 is 58.7 Å². The number of aromatic nitrogens is 5. The van der Waals surface area contributed by atoms with Gasteiger partial charge in [0, 0.05) is 35.5 Å². The van der Waals surface area contributed by atoms with Gasteiger partial charge < -0.3 is 26.2 Å². The van der Waals surface area contributed by atoms with Crippen LogP contribution in [0.1, 0.15) is 44.5 Å². The first-order chi connectivity index (χ1) is 29.9. The number of likely N-dealkylation sites (tertiary alicyclic amines) is 1. The highest BCUT2D eigenvalue weighted by atomic mass is 32.2. The van der Waals surface area contributed by atoms with Crippen LogP contribution in [-0.2, 0) is 24.7 Å². The number of carbonyl (C=O) groups is 2. The van der Waals surface area contributed by atoms with Crippen molar-refractivity contribution in [2.45, 2.75) is 92.4 Å². The normalized spacial score (nSPS) is 20.6. The Hall–Kier alpha value is -5.12. The number of pyridine rings is 1. The van der Waals surface area contributed by atoms with Gasteiger partial charge in [0.25, 0.3) is 0 Å². The number of aryl methyl sites for hydroxylation is 1. The molecule has 1 aliphatic carbocycles. The lowest BCUT2D eigenvalue weighted by atomic mass is 9.87. The Labute approximate surface area is 370 Å². The van der Waals surface area contributed by atoms with E-state index in [1.165, 1.54) is 46.1 Å². The zero-order chi connectivity index (χ0) is 46.9. The van der Waals surface area contributed by atoms with Crippen molar-refractivity contribution in [2.24, 2.45) is 5.73 Å². The Morgan fingerprint density at radius 3 is 2.36 bits per heavy atom. The first kappa shape index (κ1) is 48.3. The minimum atomic E-state index is -4.45. The van der Waals surface area contributed by atoms with Crippen molar-refractivity contribution in [3.05, 3.63) is 72.3 Å². The highest BCUT2D eigenvalue weighted by molar-refractivity contribution is 8.00. The van der Waals surface area contributed by atoms with Gasteiger partial charge in [0.1, 0.15) is 23.4 Å². The zero-order valence-corrected chi connectivity index (χ0v) is 36.6. The second kappa shape index (κ2) is 18.8. The van der Waals surface area contributed by atoms with Gasteiger partial charge in [0.05, 0.1) is 47.3 Å². The molecular formula is C38H42F6N10O7S3. The van der Waals surface area contributed by atoms with Crippen LogP contribution in [0, 0.1) is 6.92 Å². The first-order valence-electron chi connectivity index (χ1n) is 19.2. The molecule has 0 spiro atoms. The number of hydrogen-bond acceptors (Lipinski definition) is 14. The lowest BCUT2D eigenvalue weighted by molar-refractivity contribution is -0.181. The molecule has 1 aliphatic heterocycles. The van der Waals surface area contributed by atoms with E-state index in [9.17, 15) is 54.6 Å². The molecule has 17 nitrogen and oxygen atoms in total. The third kappa shape index (κ3) is 11.0. The largest absolute Gasteiger partial charge is 0.446 e. The minimum absolute atomic E-state index is 0.0148. The monoisotopic (exact) mass is 960 g/mol. The molecule has 5 aromatic rings. The summed E-state index contributed by atoms with van der Waals surface area (Å²) in [6.07, 6.45) is -3.11. The van der Waals surface area contributed by atoms with Crippen LogP contribution < -0.4 is 21.1 Å². The smallest absolute Gasteiger partial charge is 0.389 e. The standard InChI is InChI=1S/C19H20F3N5O5S2.C19H22F3N5O2S/c1-32-34(30,31)26-14-8-13(17(28)18(14)29)24-15-5-6-23-16-9-12(25-27(15)16)10-3-2-4-11(7-10)33-19(20,21)22;1-10-14(11-6-7-24-13(9-11)18(2,3)19(20,21)22)30-16(25-10)26-17(29)27-8-4-5-12(27)15(23)28/h2-7,9,13-14,17-18,24,26,28-29H,8H2,1H3;6-7,9,12H,4-5,8H2,1-3H3,(H2,23,28)(H,25,26,29). The van der Waals surface area contributed by atoms with Crippen LogP contribution in [0.2, 0.25) is 0 Å². The molecule has 7 rings (SSSR count). The van der Waals surface area contributed by atoms with E-state index in [1.54, 1.807) is 31.2 Å². The number of thiazole rings is 1. The number of thioether (sulfide) groups is 1. The topological polar surface area (TPSA) is 239 Å². The molecule has 0 radical (unpaired) electrons. The summed E-state index contributed by atoms with van der Waals surface area (Å²) in [7, 11) is -3.11. The van der Waals surface area contributed by atoms with Crippen LogP contribution in [0.5, 0.6) is 0 Å². The number of aliphatic hydroxyl groups excluding tert-OH is 2. The van der Waals surface area contributed by atoms with Crippen LogP contribution in [0.3, 0.4) is 0 Å². The number of urea groups is 1. The predicted octanol–water partition coefficient (Wildman–Crippen LogP) is 5.60. The Morgan fingerprint density at radius 1 is 0.984 bits per heavy atom. The third-order valence-electron chi connectivity index (χ3n) is 10.5. The molecule has 1 saturated carbocycles. The average Bonchev–Trinajstić information content (AvgIpc) is 4.02. The summed E-state index contributed by atoms with van der Waals surface area (Å²) in [6.45, 7) is 4.28. The predicted molar refractivity (Wildman–Crippen MR) is 224 cm³/mol. The van der Waals surface area contributed by atoms with Crippen LogP contribution >= 0.6 is 23.1 Å². The van der Waals surface area contributed by atoms with E-state index in [2.05, 4.69) is 39.6 Å². The van der Waals surface area contributed by atoms with E-state index in [-0.39, 0.29) is 33.9 Å². The summed E-state index contributed by atoms with van der Waals surface area (Å²) < 4.78 is 110. The summed E-state index contributed by atoms with van der Waals surface area (Å²) >= 11 is 0.916. The van der Waals surface area contributed by atoms with Crippen LogP contribution in [0.4, 0.5) is 42.1 Å². The van der Waals surface area contributed by atoms with Gasteiger partial charge >= 0.3 is 28.0 Å². The first-order valence-corrected chi connectivity index (χ1v) is 22.2. The third-order valence-corrected chi connectivity index (χ3v) is 13.3. The van der Waals surface area contributed by atoms with Crippen molar-refractivity contribution >= 4 is 61.9 Å². The maximum Gasteiger partial charge on any atom is 0.446 e. The quantitative estimate of drug-likeness (QED) is 0.0700. The van der Waals surface area contributed by atoms with Gasteiger partial charge in [-0.05, 0) is 87.7 Å². The number of fused-ring (bicyclic) bond motifs is 1. The second-order valence-electron chi connectivity index (χ2n) is 15.2. The molecule has 1 aromatic carbocycles. The van der Waals surface area contributed by atoms with E-state index in [0.29, 0.717) is 58.2 Å². The van der Waals surface area contributed by atoms with E-state index < -0.39 is 69.7 Å². The SMILES string of the molecule is COS(=O)(=O)NC1CC(Nc2ccnc3cc(-c4cccc(SC(F)(F)F)c4)nn23)C(O)C1O.Cc1nc(NC(=O)N2CCCC2C(N)=O)sc1-c1ccnc(C(C)(C)C(F)(F)F)c1. The molecule has 0 bridgehead atoms. The summed E-state index contributed by atoms with van der Waals surface area (Å²) in [4.78, 5) is 38.5. The van der Waals surface area contributed by atoms with Gasteiger partial charge in [-0.2, -0.15) is 49.1 Å². The fourth-order valence-corrected chi connectivity index (χ4v) is 9.21. The number of amides is 3. The van der Waals surface area contributed by atoms with E-state index in [1.807, 2.05) is 0 Å². The summed E-state index contributed by atoms with van der Waals surface area (Å²) in [5.74, 6) is -0.182. The fraction of sp³-hybridized carbons (Fsp3) is 0.421. The lowest BCUT2D eigenvalue weighted by Crippen LogP contribution is -2.45. The highest BCUT2D eigenvalue weighted by Crippen LogP contribution is 2.42. The Balaban J connectivity index is 0.000000214. The van der Waals surface area contributed by atoms with Gasteiger partial charge in [-0.3, -0.25) is 19.3 Å². The minimum Gasteiger partial charge on any atom is -0.389 e. The number of carbonyl (C=O) groups excluding carboxylic acids is 2. The molecule has 3 amide bonds. The van der Waals surface area contributed by atoms with Gasteiger partial charge in [0.2, 0.25) is 5.91 Å². The molecule has 7 N–H and O–H groups in total. The number of alkyl halides is 6. The van der Waals surface area contributed by atoms with Crippen molar-refractivity contribution in [2.75, 3.05) is 24.3 Å². The van der Waals surface area contributed by atoms with Crippen molar-refractivity contribution in [1.29, 1.82) is 0 Å². The van der Waals surface area contributed by atoms with Crippen molar-refractivity contribution in [1.82, 2.24) is 34.2 Å². The van der Waals surface area contributed by atoms with E-state index >= 15 is 0 Å². The number of nitrogens with zero attached hydrogens (tertiary/aromatic N) is 6. The van der Waals surface area contributed by atoms with Crippen LogP contribution in [0.25, 0.3) is 27.3 Å². The molecule has 346 valence electrons. The number of primary amides is 1.